The Hall–Kier alpha value is -2.07. The lowest BCUT2D eigenvalue weighted by atomic mass is 10.1. The number of esters is 1. The van der Waals surface area contributed by atoms with Crippen LogP contribution in [-0.2, 0) is 16.0 Å². The molecule has 1 aromatic carbocycles. The van der Waals surface area contributed by atoms with E-state index in [0.717, 1.165) is 18.4 Å². The Bertz CT molecular complexity index is 559. The average molecular weight is 288 g/mol. The van der Waals surface area contributed by atoms with Gasteiger partial charge >= 0.3 is 5.97 Å². The van der Waals surface area contributed by atoms with Gasteiger partial charge in [-0.15, -0.1) is 0 Å². The van der Waals surface area contributed by atoms with Crippen molar-refractivity contribution < 1.29 is 19.1 Å². The number of carbonyl (C=O) groups is 1. The van der Waals surface area contributed by atoms with Gasteiger partial charge in [0, 0.05) is 6.42 Å². The Morgan fingerprint density at radius 2 is 2.00 bits per heavy atom. The molecule has 0 saturated heterocycles. The van der Waals surface area contributed by atoms with Crippen molar-refractivity contribution in [3.63, 3.8) is 0 Å². The van der Waals surface area contributed by atoms with Gasteiger partial charge in [0.2, 0.25) is 6.10 Å². The van der Waals surface area contributed by atoms with E-state index in [1.807, 2.05) is 37.3 Å². The fourth-order valence-electron chi connectivity index (χ4n) is 1.95. The summed E-state index contributed by atoms with van der Waals surface area (Å²) < 4.78 is 10.5. The zero-order chi connectivity index (χ0) is 15.1. The molecular formula is C17H20O4. The monoisotopic (exact) mass is 288 g/mol. The Balaban J connectivity index is 1.94. The van der Waals surface area contributed by atoms with Crippen molar-refractivity contribution in [2.75, 3.05) is 6.61 Å². The van der Waals surface area contributed by atoms with Crippen LogP contribution < -0.4 is 0 Å². The minimum atomic E-state index is -1.36. The van der Waals surface area contributed by atoms with Gasteiger partial charge in [-0.25, -0.2) is 4.79 Å². The molecule has 0 saturated carbocycles. The summed E-state index contributed by atoms with van der Waals surface area (Å²) in [6.45, 7) is 2.33. The van der Waals surface area contributed by atoms with Crippen LogP contribution in [0.2, 0.25) is 0 Å². The summed E-state index contributed by atoms with van der Waals surface area (Å²) in [6.07, 6.45) is 0.992. The van der Waals surface area contributed by atoms with Crippen molar-refractivity contribution in [3.8, 4) is 0 Å². The molecule has 1 atom stereocenters. The number of hydrogen-bond donors (Lipinski definition) is 1. The van der Waals surface area contributed by atoms with Crippen molar-refractivity contribution in [1.29, 1.82) is 0 Å². The number of aliphatic hydroxyl groups excluding tert-OH is 1. The van der Waals surface area contributed by atoms with Crippen molar-refractivity contribution in [3.05, 3.63) is 59.5 Å². The van der Waals surface area contributed by atoms with Crippen molar-refractivity contribution in [2.24, 2.45) is 0 Å². The summed E-state index contributed by atoms with van der Waals surface area (Å²) in [5, 5.41) is 9.90. The van der Waals surface area contributed by atoms with Gasteiger partial charge in [-0.3, -0.25) is 0 Å². The molecule has 1 heterocycles. The highest BCUT2D eigenvalue weighted by Gasteiger charge is 2.22. The second-order valence-electron chi connectivity index (χ2n) is 4.89. The molecular weight excluding hydrogens is 268 g/mol. The molecule has 112 valence electrons. The summed E-state index contributed by atoms with van der Waals surface area (Å²) in [5.41, 5.74) is 1.11. The van der Waals surface area contributed by atoms with Crippen LogP contribution in [0.3, 0.4) is 0 Å². The van der Waals surface area contributed by atoms with Crippen LogP contribution in [0, 0.1) is 0 Å². The predicted octanol–water partition coefficient (Wildman–Crippen LogP) is 3.25. The molecule has 0 amide bonds. The van der Waals surface area contributed by atoms with Crippen molar-refractivity contribution in [2.45, 2.75) is 32.3 Å². The molecule has 0 bridgehead atoms. The lowest BCUT2D eigenvalue weighted by Gasteiger charge is -2.08. The zero-order valence-electron chi connectivity index (χ0n) is 12.1. The molecule has 0 spiro atoms. The first kappa shape index (κ1) is 15.3. The molecule has 2 rings (SSSR count). The maximum atomic E-state index is 11.7. The van der Waals surface area contributed by atoms with E-state index in [1.54, 1.807) is 12.1 Å². The topological polar surface area (TPSA) is 59.7 Å². The van der Waals surface area contributed by atoms with Gasteiger partial charge in [-0.2, -0.15) is 0 Å². The van der Waals surface area contributed by atoms with E-state index in [-0.39, 0.29) is 5.76 Å². The Labute approximate surface area is 124 Å². The Morgan fingerprint density at radius 1 is 1.24 bits per heavy atom. The second kappa shape index (κ2) is 7.64. The third kappa shape index (κ3) is 4.46. The third-order valence-corrected chi connectivity index (χ3v) is 3.14. The SMILES string of the molecule is CCCCOC(=O)C(O)c1ccc(Cc2ccccc2)o1. The fourth-order valence-corrected chi connectivity index (χ4v) is 1.95. The first-order valence-electron chi connectivity index (χ1n) is 7.18. The number of hydrogen-bond acceptors (Lipinski definition) is 4. The van der Waals surface area contributed by atoms with Gasteiger partial charge in [0.1, 0.15) is 11.5 Å². The summed E-state index contributed by atoms with van der Waals surface area (Å²) in [5.74, 6) is 0.267. The quantitative estimate of drug-likeness (QED) is 0.627. The standard InChI is InChI=1S/C17H20O4/c1-2-3-11-20-17(19)16(18)15-10-9-14(21-15)12-13-7-5-4-6-8-13/h4-10,16,18H,2-3,11-12H2,1H3. The van der Waals surface area contributed by atoms with Gasteiger partial charge in [0.25, 0.3) is 0 Å². The highest BCUT2D eigenvalue weighted by atomic mass is 16.5. The zero-order valence-corrected chi connectivity index (χ0v) is 12.1. The number of rotatable bonds is 7. The van der Waals surface area contributed by atoms with Gasteiger partial charge < -0.3 is 14.3 Å². The van der Waals surface area contributed by atoms with Crippen molar-refractivity contribution >= 4 is 5.97 Å². The fraction of sp³-hybridized carbons (Fsp3) is 0.353. The molecule has 0 radical (unpaired) electrons. The summed E-state index contributed by atoms with van der Waals surface area (Å²) in [7, 11) is 0. The molecule has 21 heavy (non-hydrogen) atoms. The maximum absolute atomic E-state index is 11.7. The summed E-state index contributed by atoms with van der Waals surface area (Å²) in [6, 6.07) is 13.2. The first-order valence-corrected chi connectivity index (χ1v) is 7.18. The Morgan fingerprint density at radius 3 is 2.71 bits per heavy atom. The van der Waals surface area contributed by atoms with Gasteiger partial charge in [-0.05, 0) is 24.1 Å². The highest BCUT2D eigenvalue weighted by molar-refractivity contribution is 5.75. The molecule has 1 unspecified atom stereocenters. The van der Waals surface area contributed by atoms with E-state index < -0.39 is 12.1 Å². The molecule has 0 fully saturated rings. The van der Waals surface area contributed by atoms with Crippen LogP contribution >= 0.6 is 0 Å². The van der Waals surface area contributed by atoms with Crippen molar-refractivity contribution in [1.82, 2.24) is 0 Å². The summed E-state index contributed by atoms with van der Waals surface area (Å²) >= 11 is 0. The molecule has 1 N–H and O–H groups in total. The predicted molar refractivity (Wildman–Crippen MR) is 78.8 cm³/mol. The maximum Gasteiger partial charge on any atom is 0.342 e. The van der Waals surface area contributed by atoms with Crippen LogP contribution in [0.1, 0.15) is 43.0 Å². The van der Waals surface area contributed by atoms with E-state index in [1.165, 1.54) is 0 Å². The smallest absolute Gasteiger partial charge is 0.342 e. The number of aliphatic hydroxyl groups is 1. The lowest BCUT2D eigenvalue weighted by Crippen LogP contribution is -2.15. The minimum Gasteiger partial charge on any atom is -0.463 e. The van der Waals surface area contributed by atoms with E-state index in [9.17, 15) is 9.90 Å². The highest BCUT2D eigenvalue weighted by Crippen LogP contribution is 2.20. The molecule has 0 aliphatic heterocycles. The summed E-state index contributed by atoms with van der Waals surface area (Å²) in [4.78, 5) is 11.7. The van der Waals surface area contributed by atoms with Crippen LogP contribution in [0.25, 0.3) is 0 Å². The van der Waals surface area contributed by atoms with Crippen LogP contribution in [-0.4, -0.2) is 17.7 Å². The number of benzene rings is 1. The van der Waals surface area contributed by atoms with Gasteiger partial charge in [0.05, 0.1) is 6.61 Å². The number of carbonyl (C=O) groups excluding carboxylic acids is 1. The number of ether oxygens (including phenoxy) is 1. The second-order valence-corrected chi connectivity index (χ2v) is 4.89. The van der Waals surface area contributed by atoms with Gasteiger partial charge in [-0.1, -0.05) is 43.7 Å². The Kier molecular flexibility index (Phi) is 5.58. The number of unbranched alkanes of at least 4 members (excludes halogenated alkanes) is 1. The molecule has 0 aliphatic rings. The van der Waals surface area contributed by atoms with Crippen LogP contribution in [0.4, 0.5) is 0 Å². The average Bonchev–Trinajstić information content (AvgIpc) is 2.96. The third-order valence-electron chi connectivity index (χ3n) is 3.14. The molecule has 1 aromatic heterocycles. The van der Waals surface area contributed by atoms with Crippen LogP contribution in [0.5, 0.6) is 0 Å². The van der Waals surface area contributed by atoms with Gasteiger partial charge in [0.15, 0.2) is 0 Å². The van der Waals surface area contributed by atoms with E-state index in [0.29, 0.717) is 18.8 Å². The lowest BCUT2D eigenvalue weighted by molar-refractivity contribution is -0.155. The molecule has 4 nitrogen and oxygen atoms in total. The molecule has 0 aliphatic carbocycles. The minimum absolute atomic E-state index is 0.224. The van der Waals surface area contributed by atoms with Crippen LogP contribution in [0.15, 0.2) is 46.9 Å². The van der Waals surface area contributed by atoms with E-state index in [4.69, 9.17) is 9.15 Å². The van der Waals surface area contributed by atoms with E-state index >= 15 is 0 Å². The van der Waals surface area contributed by atoms with E-state index in [2.05, 4.69) is 0 Å². The normalized spacial score (nSPS) is 12.1. The number of furan rings is 1. The largest absolute Gasteiger partial charge is 0.463 e. The first-order chi connectivity index (χ1) is 10.2. The molecule has 2 aromatic rings. The molecule has 4 heteroatoms.